The third-order valence-corrected chi connectivity index (χ3v) is 6.47. The van der Waals surface area contributed by atoms with Crippen LogP contribution in [0.15, 0.2) is 18.2 Å². The summed E-state index contributed by atoms with van der Waals surface area (Å²) in [6, 6.07) is 5.95. The number of benzene rings is 1. The highest BCUT2D eigenvalue weighted by Gasteiger charge is 2.61. The Morgan fingerprint density at radius 2 is 1.87 bits per heavy atom. The summed E-state index contributed by atoms with van der Waals surface area (Å²) < 4.78 is 13.2. The maximum atomic E-state index is 13.1. The minimum Gasteiger partial charge on any atom is -0.489 e. The summed E-state index contributed by atoms with van der Waals surface area (Å²) in [4.78, 5) is 27.1. The molecule has 1 N–H and O–H groups in total. The molecule has 3 heterocycles. The number of carbonyl (C=O) groups excluding carboxylic acids is 2. The Labute approximate surface area is 181 Å². The van der Waals surface area contributed by atoms with Crippen LogP contribution in [0.5, 0.6) is 5.75 Å². The normalized spacial score (nSPS) is 24.5. The van der Waals surface area contributed by atoms with Gasteiger partial charge in [-0.2, -0.15) is 5.10 Å². The van der Waals surface area contributed by atoms with Crippen LogP contribution in [-0.4, -0.2) is 52.0 Å². The number of aromatic nitrogens is 2. The van der Waals surface area contributed by atoms with Gasteiger partial charge in [0.1, 0.15) is 23.5 Å². The molecule has 1 saturated carbocycles. The number of carbonyl (C=O) groups is 2. The molecule has 1 unspecified atom stereocenters. The Bertz CT molecular complexity index is 1060. The SMILES string of the molecule is CC(C)(C)OC(=O)N1C[C@@H]2C(C(=O)NC(C)(C)c3nn4c5c(cccc35)OCC4)[C@@H]2C1. The smallest absolute Gasteiger partial charge is 0.410 e. The fourth-order valence-corrected chi connectivity index (χ4v) is 5.03. The fraction of sp³-hybridized carbons (Fsp3) is 0.609. The van der Waals surface area contributed by atoms with Crippen molar-refractivity contribution in [1.82, 2.24) is 20.0 Å². The van der Waals surface area contributed by atoms with E-state index in [1.807, 2.05) is 57.5 Å². The largest absolute Gasteiger partial charge is 0.489 e. The zero-order chi connectivity index (χ0) is 22.1. The van der Waals surface area contributed by atoms with Crippen LogP contribution in [0.3, 0.4) is 0 Å². The number of hydrogen-bond acceptors (Lipinski definition) is 5. The first kappa shape index (κ1) is 20.2. The summed E-state index contributed by atoms with van der Waals surface area (Å²) in [5.41, 5.74) is 0.709. The highest BCUT2D eigenvalue weighted by Crippen LogP contribution is 2.52. The number of piperidine rings is 1. The van der Waals surface area contributed by atoms with Crippen molar-refractivity contribution in [1.29, 1.82) is 0 Å². The third kappa shape index (κ3) is 3.42. The van der Waals surface area contributed by atoms with E-state index in [0.29, 0.717) is 26.2 Å². The van der Waals surface area contributed by atoms with Gasteiger partial charge in [0.2, 0.25) is 5.91 Å². The highest BCUT2D eigenvalue weighted by atomic mass is 16.6. The second-order valence-corrected chi connectivity index (χ2v) is 10.4. The first-order chi connectivity index (χ1) is 14.5. The number of fused-ring (bicyclic) bond motifs is 1. The van der Waals surface area contributed by atoms with Crippen LogP contribution in [0.2, 0.25) is 0 Å². The van der Waals surface area contributed by atoms with Crippen molar-refractivity contribution in [2.45, 2.75) is 52.3 Å². The minimum atomic E-state index is -0.620. The lowest BCUT2D eigenvalue weighted by atomic mass is 9.96. The maximum absolute atomic E-state index is 13.1. The van der Waals surface area contributed by atoms with E-state index in [2.05, 4.69) is 5.32 Å². The average molecular weight is 427 g/mol. The second kappa shape index (κ2) is 6.61. The molecule has 5 rings (SSSR count). The number of rotatable bonds is 3. The Balaban J connectivity index is 1.27. The molecule has 166 valence electrons. The molecule has 2 amide bonds. The summed E-state index contributed by atoms with van der Waals surface area (Å²) in [6.07, 6.45) is -0.292. The molecule has 8 heteroatoms. The van der Waals surface area contributed by atoms with Crippen molar-refractivity contribution in [3.8, 4) is 5.75 Å². The predicted octanol–water partition coefficient (Wildman–Crippen LogP) is 2.89. The molecule has 3 aliphatic rings. The van der Waals surface area contributed by atoms with E-state index < -0.39 is 11.1 Å². The van der Waals surface area contributed by atoms with Crippen molar-refractivity contribution in [2.75, 3.05) is 19.7 Å². The Hall–Kier alpha value is -2.77. The van der Waals surface area contributed by atoms with Crippen molar-refractivity contribution >= 4 is 22.9 Å². The molecule has 2 aliphatic heterocycles. The number of likely N-dealkylation sites (tertiary alicyclic amines) is 1. The van der Waals surface area contributed by atoms with Gasteiger partial charge in [0.25, 0.3) is 0 Å². The molecule has 1 aromatic heterocycles. The number of nitrogens with zero attached hydrogens (tertiary/aromatic N) is 3. The van der Waals surface area contributed by atoms with Gasteiger partial charge in [0, 0.05) is 24.4 Å². The lowest BCUT2D eigenvalue weighted by Gasteiger charge is -2.27. The van der Waals surface area contributed by atoms with Gasteiger partial charge < -0.3 is 19.7 Å². The number of para-hydroxylation sites is 1. The molecule has 2 fully saturated rings. The maximum Gasteiger partial charge on any atom is 0.410 e. The van der Waals surface area contributed by atoms with Gasteiger partial charge >= 0.3 is 6.09 Å². The van der Waals surface area contributed by atoms with E-state index in [4.69, 9.17) is 14.6 Å². The van der Waals surface area contributed by atoms with Gasteiger partial charge in [-0.25, -0.2) is 4.79 Å². The second-order valence-electron chi connectivity index (χ2n) is 10.4. The number of ether oxygens (including phenoxy) is 2. The fourth-order valence-electron chi connectivity index (χ4n) is 5.03. The zero-order valence-electron chi connectivity index (χ0n) is 18.8. The first-order valence-electron chi connectivity index (χ1n) is 11.0. The molecular weight excluding hydrogens is 396 g/mol. The average Bonchev–Trinajstić information content (AvgIpc) is 2.99. The van der Waals surface area contributed by atoms with Gasteiger partial charge in [-0.1, -0.05) is 12.1 Å². The van der Waals surface area contributed by atoms with Crippen LogP contribution in [0.4, 0.5) is 4.79 Å². The Morgan fingerprint density at radius 3 is 2.55 bits per heavy atom. The summed E-state index contributed by atoms with van der Waals surface area (Å²) in [5, 5.41) is 9.05. The van der Waals surface area contributed by atoms with E-state index in [1.165, 1.54) is 0 Å². The van der Waals surface area contributed by atoms with Gasteiger partial charge in [-0.3, -0.25) is 9.48 Å². The lowest BCUT2D eigenvalue weighted by molar-refractivity contribution is -0.125. The predicted molar refractivity (Wildman–Crippen MR) is 115 cm³/mol. The Kier molecular flexibility index (Phi) is 4.30. The summed E-state index contributed by atoms with van der Waals surface area (Å²) in [6.45, 7) is 12.0. The molecule has 3 atom stereocenters. The monoisotopic (exact) mass is 426 g/mol. The number of amides is 2. The molecule has 8 nitrogen and oxygen atoms in total. The summed E-state index contributed by atoms with van der Waals surface area (Å²) in [5.74, 6) is 1.23. The van der Waals surface area contributed by atoms with Gasteiger partial charge in [0.05, 0.1) is 17.8 Å². The molecule has 0 radical (unpaired) electrons. The summed E-state index contributed by atoms with van der Waals surface area (Å²) >= 11 is 0. The minimum absolute atomic E-state index is 0.0359. The van der Waals surface area contributed by atoms with E-state index >= 15 is 0 Å². The molecular formula is C23H30N4O4. The van der Waals surface area contributed by atoms with Gasteiger partial charge in [-0.15, -0.1) is 0 Å². The number of nitrogens with one attached hydrogen (secondary N) is 1. The molecule has 1 aliphatic carbocycles. The highest BCUT2D eigenvalue weighted by molar-refractivity contribution is 5.90. The first-order valence-corrected chi connectivity index (χ1v) is 11.0. The third-order valence-electron chi connectivity index (χ3n) is 6.47. The molecule has 2 aromatic rings. The standard InChI is InChI=1S/C23H30N4O4/c1-22(2,3)31-21(29)26-11-14-15(12-26)17(14)20(28)24-23(4,5)19-13-7-6-8-16-18(13)27(25-19)9-10-30-16/h6-8,14-15,17H,9-12H2,1-5H3,(H,24,28)/t14-,15+,17?. The molecule has 0 spiro atoms. The van der Waals surface area contributed by atoms with Crippen LogP contribution >= 0.6 is 0 Å². The van der Waals surface area contributed by atoms with E-state index in [0.717, 1.165) is 22.3 Å². The van der Waals surface area contributed by atoms with Gasteiger partial charge in [-0.05, 0) is 52.5 Å². The zero-order valence-corrected chi connectivity index (χ0v) is 18.8. The lowest BCUT2D eigenvalue weighted by Crippen LogP contribution is -2.44. The van der Waals surface area contributed by atoms with Crippen LogP contribution in [0.25, 0.3) is 10.9 Å². The number of hydrogen-bond donors (Lipinski definition) is 1. The van der Waals surface area contributed by atoms with Crippen LogP contribution in [0, 0.1) is 17.8 Å². The Morgan fingerprint density at radius 1 is 1.16 bits per heavy atom. The molecule has 1 saturated heterocycles. The van der Waals surface area contributed by atoms with Crippen LogP contribution in [-0.2, 0) is 21.6 Å². The van der Waals surface area contributed by atoms with Crippen LogP contribution < -0.4 is 10.1 Å². The van der Waals surface area contributed by atoms with Gasteiger partial charge in [0.15, 0.2) is 0 Å². The van der Waals surface area contributed by atoms with Crippen molar-refractivity contribution in [2.24, 2.45) is 17.8 Å². The van der Waals surface area contributed by atoms with Crippen molar-refractivity contribution in [3.63, 3.8) is 0 Å². The molecule has 1 aromatic carbocycles. The van der Waals surface area contributed by atoms with Crippen LogP contribution in [0.1, 0.15) is 40.3 Å². The topological polar surface area (TPSA) is 85.7 Å². The van der Waals surface area contributed by atoms with Crippen molar-refractivity contribution in [3.05, 3.63) is 23.9 Å². The van der Waals surface area contributed by atoms with E-state index in [-0.39, 0.29) is 29.8 Å². The summed E-state index contributed by atoms with van der Waals surface area (Å²) in [7, 11) is 0. The van der Waals surface area contributed by atoms with E-state index in [1.54, 1.807) is 4.90 Å². The molecule has 0 bridgehead atoms. The molecule has 31 heavy (non-hydrogen) atoms. The quantitative estimate of drug-likeness (QED) is 0.816. The van der Waals surface area contributed by atoms with Crippen molar-refractivity contribution < 1.29 is 19.1 Å². The van der Waals surface area contributed by atoms with E-state index in [9.17, 15) is 9.59 Å².